The summed E-state index contributed by atoms with van der Waals surface area (Å²) in [4.78, 5) is 38.1. The average Bonchev–Trinajstić information content (AvgIpc) is 2.58. The van der Waals surface area contributed by atoms with Gasteiger partial charge in [-0.3, -0.25) is 9.13 Å². The lowest BCUT2D eigenvalue weighted by Crippen LogP contribution is -2.43. The van der Waals surface area contributed by atoms with Crippen molar-refractivity contribution in [3.8, 4) is 0 Å². The van der Waals surface area contributed by atoms with Gasteiger partial charge < -0.3 is 25.3 Å². The fourth-order valence-electron chi connectivity index (χ4n) is 2.97. The Balaban J connectivity index is 2.08. The predicted molar refractivity (Wildman–Crippen MR) is 115 cm³/mol. The molecule has 0 bridgehead atoms. The summed E-state index contributed by atoms with van der Waals surface area (Å²) in [6.07, 6.45) is 6.70. The molecule has 0 heterocycles. The van der Waals surface area contributed by atoms with Crippen LogP contribution in [-0.4, -0.2) is 36.8 Å². The van der Waals surface area contributed by atoms with Gasteiger partial charge in [0.2, 0.25) is 0 Å². The van der Waals surface area contributed by atoms with Crippen LogP contribution in [-0.2, 0) is 9.13 Å². The summed E-state index contributed by atoms with van der Waals surface area (Å²) in [5.74, 6) is 1.12. The summed E-state index contributed by atoms with van der Waals surface area (Å²) in [5, 5.41) is -2.15. The van der Waals surface area contributed by atoms with Gasteiger partial charge in [0.05, 0.1) is 6.16 Å². The second kappa shape index (κ2) is 12.5. The summed E-state index contributed by atoms with van der Waals surface area (Å²) in [7, 11) is -9.40. The molecule has 1 rings (SSSR count). The number of nitrogens with two attached hydrogens (primary N) is 1. The van der Waals surface area contributed by atoms with Crippen molar-refractivity contribution in [2.75, 3.05) is 11.9 Å². The van der Waals surface area contributed by atoms with E-state index >= 15 is 0 Å². The molecule has 0 aromatic heterocycles. The summed E-state index contributed by atoms with van der Waals surface area (Å²) < 4.78 is 22.7. The number of rotatable bonds is 15. The zero-order valence-electron chi connectivity index (χ0n) is 16.2. The highest BCUT2D eigenvalue weighted by molar-refractivity contribution is 7.99. The van der Waals surface area contributed by atoms with Crippen LogP contribution in [0.4, 0.5) is 0 Å². The predicted octanol–water partition coefficient (Wildman–Crippen LogP) is 4.30. The highest BCUT2D eigenvalue weighted by atomic mass is 32.2. The van der Waals surface area contributed by atoms with Gasteiger partial charge in [0, 0.05) is 4.90 Å². The van der Waals surface area contributed by atoms with Crippen LogP contribution in [0.15, 0.2) is 35.2 Å². The van der Waals surface area contributed by atoms with Crippen LogP contribution < -0.4 is 5.73 Å². The molecule has 1 aromatic rings. The number of hydrogen-bond acceptors (Lipinski definition) is 4. The van der Waals surface area contributed by atoms with E-state index in [2.05, 4.69) is 12.1 Å². The maximum absolute atomic E-state index is 11.5. The quantitative estimate of drug-likeness (QED) is 0.150. The van der Waals surface area contributed by atoms with Crippen LogP contribution in [0.1, 0.15) is 57.8 Å². The molecule has 0 aliphatic rings. The molecule has 6 N–H and O–H groups in total. The van der Waals surface area contributed by atoms with Crippen molar-refractivity contribution in [3.05, 3.63) is 30.3 Å². The maximum Gasteiger partial charge on any atom is 0.345 e. The summed E-state index contributed by atoms with van der Waals surface area (Å²) in [6.45, 7) is 0. The molecule has 0 aliphatic heterocycles. The van der Waals surface area contributed by atoms with Crippen LogP contribution in [0.3, 0.4) is 0 Å². The van der Waals surface area contributed by atoms with E-state index in [4.69, 9.17) is 15.5 Å². The van der Waals surface area contributed by atoms with Crippen molar-refractivity contribution in [1.82, 2.24) is 0 Å². The molecular weight excluding hydrogens is 420 g/mol. The fraction of sp³-hybridized carbons (Fsp3) is 0.667. The molecule has 1 atom stereocenters. The smallest absolute Gasteiger partial charge is 0.324 e. The normalized spacial score (nSPS) is 14.8. The fourth-order valence-corrected chi connectivity index (χ4v) is 6.52. The average molecular weight is 453 g/mol. The molecule has 0 saturated heterocycles. The summed E-state index contributed by atoms with van der Waals surface area (Å²) in [5.41, 5.74) is 5.65. The Morgan fingerprint density at radius 3 is 1.82 bits per heavy atom. The van der Waals surface area contributed by atoms with Crippen molar-refractivity contribution in [2.24, 2.45) is 5.73 Å². The van der Waals surface area contributed by atoms with Crippen molar-refractivity contribution in [1.29, 1.82) is 0 Å². The summed E-state index contributed by atoms with van der Waals surface area (Å²) in [6, 6.07) is 10.3. The molecule has 0 spiro atoms. The van der Waals surface area contributed by atoms with Gasteiger partial charge in [0.1, 0.15) is 5.28 Å². The molecule has 0 radical (unpaired) electrons. The Bertz CT molecular complexity index is 651. The van der Waals surface area contributed by atoms with Gasteiger partial charge >= 0.3 is 15.2 Å². The van der Waals surface area contributed by atoms with Gasteiger partial charge in [-0.2, -0.15) is 0 Å². The monoisotopic (exact) mass is 453 g/mol. The third-order valence-corrected chi connectivity index (χ3v) is 8.44. The van der Waals surface area contributed by atoms with E-state index in [-0.39, 0.29) is 6.42 Å². The van der Waals surface area contributed by atoms with Crippen LogP contribution >= 0.6 is 27.0 Å². The van der Waals surface area contributed by atoms with E-state index < -0.39 is 26.6 Å². The van der Waals surface area contributed by atoms with E-state index in [1.54, 1.807) is 0 Å². The number of unbranched alkanes of at least 4 members (excludes halogenated alkanes) is 7. The Labute approximate surface area is 171 Å². The molecule has 0 fully saturated rings. The topological polar surface area (TPSA) is 141 Å². The second-order valence-corrected chi connectivity index (χ2v) is 12.0. The van der Waals surface area contributed by atoms with Crippen molar-refractivity contribution in [3.63, 3.8) is 0 Å². The van der Waals surface area contributed by atoms with Gasteiger partial charge in [0.25, 0.3) is 0 Å². The zero-order chi connectivity index (χ0) is 21.1. The molecule has 0 amide bonds. The molecular formula is C18H33NO6P2S. The van der Waals surface area contributed by atoms with Gasteiger partial charge in [-0.25, -0.2) is 0 Å². The van der Waals surface area contributed by atoms with Gasteiger partial charge in [-0.15, -0.1) is 11.8 Å². The number of hydrogen-bond donors (Lipinski definition) is 5. The molecule has 162 valence electrons. The van der Waals surface area contributed by atoms with Crippen LogP contribution in [0.2, 0.25) is 0 Å². The van der Waals surface area contributed by atoms with E-state index in [0.29, 0.717) is 6.42 Å². The van der Waals surface area contributed by atoms with Crippen molar-refractivity contribution >= 4 is 27.0 Å². The Morgan fingerprint density at radius 2 is 1.32 bits per heavy atom. The number of thioether (sulfide) groups is 1. The minimum atomic E-state index is -4.80. The molecule has 1 unspecified atom stereocenters. The van der Waals surface area contributed by atoms with E-state index in [9.17, 15) is 18.9 Å². The van der Waals surface area contributed by atoms with Crippen molar-refractivity contribution in [2.45, 2.75) is 68.0 Å². The lowest BCUT2D eigenvalue weighted by atomic mass is 10.1. The largest absolute Gasteiger partial charge is 0.345 e. The van der Waals surface area contributed by atoms with Crippen LogP contribution in [0, 0.1) is 0 Å². The zero-order valence-corrected chi connectivity index (χ0v) is 18.8. The highest BCUT2D eigenvalue weighted by Gasteiger charge is 2.47. The van der Waals surface area contributed by atoms with E-state index in [1.165, 1.54) is 17.7 Å². The SMILES string of the molecule is NC(CCCCCCCCCCSc1ccccc1)(CP(=O)(O)O)P(=O)(O)O. The van der Waals surface area contributed by atoms with Gasteiger partial charge in [-0.1, -0.05) is 63.1 Å². The van der Waals surface area contributed by atoms with Crippen LogP contribution in [0.25, 0.3) is 0 Å². The first-order valence-corrected chi connectivity index (χ1v) is 14.0. The molecule has 1 aromatic carbocycles. The first kappa shape index (κ1) is 25.9. The lowest BCUT2D eigenvalue weighted by molar-refractivity contribution is 0.307. The molecule has 0 saturated carbocycles. The third kappa shape index (κ3) is 11.1. The lowest BCUT2D eigenvalue weighted by Gasteiger charge is -2.30. The van der Waals surface area contributed by atoms with Gasteiger partial charge in [-0.05, 0) is 30.7 Å². The Kier molecular flexibility index (Phi) is 11.6. The number of benzene rings is 1. The molecule has 28 heavy (non-hydrogen) atoms. The van der Waals surface area contributed by atoms with E-state index in [1.807, 2.05) is 30.0 Å². The van der Waals surface area contributed by atoms with E-state index in [0.717, 1.165) is 37.9 Å². The first-order chi connectivity index (χ1) is 13.0. The highest BCUT2D eigenvalue weighted by Crippen LogP contribution is 2.55. The molecule has 7 nitrogen and oxygen atoms in total. The Hall–Kier alpha value is -0.170. The minimum absolute atomic E-state index is 0.0981. The maximum atomic E-state index is 11.5. The van der Waals surface area contributed by atoms with Crippen molar-refractivity contribution < 1.29 is 28.7 Å². The Morgan fingerprint density at radius 1 is 0.821 bits per heavy atom. The van der Waals surface area contributed by atoms with Crippen LogP contribution in [0.5, 0.6) is 0 Å². The molecule has 0 aliphatic carbocycles. The summed E-state index contributed by atoms with van der Waals surface area (Å²) >= 11 is 1.87. The minimum Gasteiger partial charge on any atom is -0.324 e. The standard InChI is InChI=1S/C18H33NO6P2S/c19-18(27(23,24)25,16-26(20,21)22)14-10-5-3-1-2-4-6-11-15-28-17-12-8-7-9-13-17/h7-9,12-13H,1-6,10-11,14-16,19H2,(H2,20,21,22)(H2,23,24,25). The van der Waals surface area contributed by atoms with Gasteiger partial charge in [0.15, 0.2) is 0 Å². The first-order valence-electron chi connectivity index (χ1n) is 9.60. The second-order valence-electron chi connectivity index (χ2n) is 7.21. The molecule has 10 heteroatoms. The third-order valence-electron chi connectivity index (χ3n) is 4.58.